The van der Waals surface area contributed by atoms with Gasteiger partial charge in [-0.05, 0) is 13.8 Å². The molecule has 1 aliphatic rings. The van der Waals surface area contributed by atoms with Crippen molar-refractivity contribution >= 4 is 11.7 Å². The van der Waals surface area contributed by atoms with Gasteiger partial charge < -0.3 is 4.74 Å². The van der Waals surface area contributed by atoms with Crippen LogP contribution in [-0.4, -0.2) is 18.8 Å². The standard InChI is InChI=1S/C8H11N2O2/c1-5-7(4-8(11)12-3)6(2)10-9-5/h4H2,1-3H3. The van der Waals surface area contributed by atoms with Crippen LogP contribution in [0.25, 0.3) is 0 Å². The van der Waals surface area contributed by atoms with Crippen molar-refractivity contribution in [2.45, 2.75) is 20.3 Å². The van der Waals surface area contributed by atoms with Crippen LogP contribution in [0.1, 0.15) is 20.3 Å². The molecule has 0 aromatic rings. The van der Waals surface area contributed by atoms with E-state index < -0.39 is 0 Å². The van der Waals surface area contributed by atoms with E-state index in [2.05, 4.69) is 15.3 Å². The molecule has 0 saturated heterocycles. The number of allylic oxidation sites excluding steroid dienone is 1. The normalized spacial score (nSPS) is 15.8. The monoisotopic (exact) mass is 167 g/mol. The molecular formula is C8H11N2O2. The predicted octanol–water partition coefficient (Wildman–Crippen LogP) is 0.817. The van der Waals surface area contributed by atoms with E-state index >= 15 is 0 Å². The maximum atomic E-state index is 10.9. The highest BCUT2D eigenvalue weighted by atomic mass is 16.5. The van der Waals surface area contributed by atoms with Crippen LogP contribution in [0.5, 0.6) is 0 Å². The van der Waals surface area contributed by atoms with Crippen molar-refractivity contribution in [3.63, 3.8) is 0 Å². The molecule has 0 spiro atoms. The zero-order valence-corrected chi connectivity index (χ0v) is 7.42. The summed E-state index contributed by atoms with van der Waals surface area (Å²) in [5.41, 5.74) is 6.33. The van der Waals surface area contributed by atoms with E-state index in [1.54, 1.807) is 0 Å². The van der Waals surface area contributed by atoms with Gasteiger partial charge in [0.15, 0.2) is 0 Å². The van der Waals surface area contributed by atoms with Gasteiger partial charge in [-0.15, -0.1) is 0 Å². The topological polar surface area (TPSA) is 52.8 Å². The molecule has 0 fully saturated rings. The molecule has 0 aliphatic carbocycles. The van der Waals surface area contributed by atoms with Crippen LogP contribution in [0.3, 0.4) is 0 Å². The molecule has 4 heteroatoms. The second-order valence-electron chi connectivity index (χ2n) is 2.60. The summed E-state index contributed by atoms with van der Waals surface area (Å²) in [5, 5.41) is 3.85. The van der Waals surface area contributed by atoms with Crippen molar-refractivity contribution in [3.05, 3.63) is 11.3 Å². The Balaban J connectivity index is 2.68. The van der Waals surface area contributed by atoms with Crippen LogP contribution < -0.4 is 5.43 Å². The minimum absolute atomic E-state index is 0.254. The number of carbonyl (C=O) groups is 1. The first-order valence-corrected chi connectivity index (χ1v) is 3.67. The van der Waals surface area contributed by atoms with Gasteiger partial charge in [-0.25, -0.2) is 0 Å². The molecule has 0 aromatic carbocycles. The highest BCUT2D eigenvalue weighted by molar-refractivity contribution is 6.03. The van der Waals surface area contributed by atoms with Crippen LogP contribution in [-0.2, 0) is 9.53 Å². The molecule has 0 amide bonds. The lowest BCUT2D eigenvalue weighted by Crippen LogP contribution is -2.06. The first kappa shape index (κ1) is 8.77. The fraction of sp³-hybridized carbons (Fsp3) is 0.500. The quantitative estimate of drug-likeness (QED) is 0.571. The largest absolute Gasteiger partial charge is 0.469 e. The summed E-state index contributed by atoms with van der Waals surface area (Å²) in [6.07, 6.45) is 0.265. The molecule has 0 bridgehead atoms. The summed E-state index contributed by atoms with van der Waals surface area (Å²) < 4.78 is 4.54. The van der Waals surface area contributed by atoms with E-state index in [1.807, 2.05) is 13.8 Å². The Bertz CT molecular complexity index is 266. The average Bonchev–Trinajstić information content (AvgIpc) is 2.35. The van der Waals surface area contributed by atoms with Crippen LogP contribution in [0, 0.1) is 0 Å². The smallest absolute Gasteiger partial charge is 0.310 e. The zero-order chi connectivity index (χ0) is 9.14. The van der Waals surface area contributed by atoms with Gasteiger partial charge in [0.1, 0.15) is 0 Å². The lowest BCUT2D eigenvalue weighted by molar-refractivity contribution is -0.139. The third kappa shape index (κ3) is 1.64. The van der Waals surface area contributed by atoms with Gasteiger partial charge in [0.25, 0.3) is 0 Å². The van der Waals surface area contributed by atoms with Crippen LogP contribution in [0.15, 0.2) is 16.4 Å². The lowest BCUT2D eigenvalue weighted by atomic mass is 10.1. The predicted molar refractivity (Wildman–Crippen MR) is 44.6 cm³/mol. The number of rotatable bonds is 2. The molecule has 1 aliphatic heterocycles. The first-order chi connectivity index (χ1) is 5.65. The average molecular weight is 167 g/mol. The molecular weight excluding hydrogens is 156 g/mol. The van der Waals surface area contributed by atoms with Gasteiger partial charge in [-0.3, -0.25) is 4.79 Å². The Labute approximate surface area is 71.3 Å². The summed E-state index contributed by atoms with van der Waals surface area (Å²) in [6.45, 7) is 3.66. The summed E-state index contributed by atoms with van der Waals surface area (Å²) in [5.74, 6) is -0.254. The fourth-order valence-electron chi connectivity index (χ4n) is 1.00. The SMILES string of the molecule is COC(=O)CC1=C(C)[N]N=C1C. The number of hydrogen-bond acceptors (Lipinski definition) is 3. The minimum Gasteiger partial charge on any atom is -0.469 e. The third-order valence-electron chi connectivity index (χ3n) is 1.77. The van der Waals surface area contributed by atoms with E-state index in [-0.39, 0.29) is 12.4 Å². The summed E-state index contributed by atoms with van der Waals surface area (Å²) >= 11 is 0. The van der Waals surface area contributed by atoms with E-state index in [0.29, 0.717) is 0 Å². The van der Waals surface area contributed by atoms with Crippen LogP contribution >= 0.6 is 0 Å². The summed E-state index contributed by atoms with van der Waals surface area (Å²) in [6, 6.07) is 0. The highest BCUT2D eigenvalue weighted by Crippen LogP contribution is 2.15. The Morgan fingerprint density at radius 2 is 2.17 bits per heavy atom. The summed E-state index contributed by atoms with van der Waals surface area (Å²) in [4.78, 5) is 10.9. The lowest BCUT2D eigenvalue weighted by Gasteiger charge is -2.00. The molecule has 0 saturated carbocycles. The Kier molecular flexibility index (Phi) is 2.47. The molecule has 0 N–H and O–H groups in total. The van der Waals surface area contributed by atoms with Crippen molar-refractivity contribution in [2.24, 2.45) is 5.10 Å². The zero-order valence-electron chi connectivity index (χ0n) is 7.42. The van der Waals surface area contributed by atoms with Crippen molar-refractivity contribution in [1.29, 1.82) is 0 Å². The van der Waals surface area contributed by atoms with Crippen LogP contribution in [0.4, 0.5) is 0 Å². The van der Waals surface area contributed by atoms with Crippen LogP contribution in [0.2, 0.25) is 0 Å². The molecule has 1 rings (SSSR count). The van der Waals surface area contributed by atoms with E-state index in [0.717, 1.165) is 17.0 Å². The molecule has 65 valence electrons. The maximum Gasteiger partial charge on any atom is 0.310 e. The molecule has 1 heterocycles. The van der Waals surface area contributed by atoms with Gasteiger partial charge in [0.2, 0.25) is 0 Å². The Morgan fingerprint density at radius 1 is 1.50 bits per heavy atom. The second kappa shape index (κ2) is 3.38. The van der Waals surface area contributed by atoms with Crippen molar-refractivity contribution < 1.29 is 9.53 Å². The molecule has 4 nitrogen and oxygen atoms in total. The number of esters is 1. The molecule has 0 atom stereocenters. The molecule has 12 heavy (non-hydrogen) atoms. The Morgan fingerprint density at radius 3 is 2.58 bits per heavy atom. The summed E-state index contributed by atoms with van der Waals surface area (Å²) in [7, 11) is 1.37. The second-order valence-corrected chi connectivity index (χ2v) is 2.60. The van der Waals surface area contributed by atoms with Gasteiger partial charge in [-0.2, -0.15) is 10.5 Å². The number of methoxy groups -OCH3 is 1. The maximum absolute atomic E-state index is 10.9. The fourth-order valence-corrected chi connectivity index (χ4v) is 1.00. The van der Waals surface area contributed by atoms with E-state index in [1.165, 1.54) is 7.11 Å². The Hall–Kier alpha value is -1.32. The molecule has 1 radical (unpaired) electrons. The molecule has 0 unspecified atom stereocenters. The van der Waals surface area contributed by atoms with Crippen molar-refractivity contribution in [1.82, 2.24) is 5.43 Å². The third-order valence-corrected chi connectivity index (χ3v) is 1.77. The van der Waals surface area contributed by atoms with E-state index in [4.69, 9.17) is 0 Å². The molecule has 0 aromatic heterocycles. The van der Waals surface area contributed by atoms with Gasteiger partial charge >= 0.3 is 5.97 Å². The van der Waals surface area contributed by atoms with Crippen molar-refractivity contribution in [2.75, 3.05) is 7.11 Å². The van der Waals surface area contributed by atoms with Gasteiger partial charge in [0.05, 0.1) is 24.9 Å². The highest BCUT2D eigenvalue weighted by Gasteiger charge is 2.17. The first-order valence-electron chi connectivity index (χ1n) is 3.67. The minimum atomic E-state index is -0.254. The number of hydrogen-bond donors (Lipinski definition) is 0. The van der Waals surface area contributed by atoms with Crippen molar-refractivity contribution in [3.8, 4) is 0 Å². The number of nitrogens with zero attached hydrogens (tertiary/aromatic N) is 2. The van der Waals surface area contributed by atoms with Gasteiger partial charge in [0, 0.05) is 5.57 Å². The number of ether oxygens (including phenoxy) is 1. The van der Waals surface area contributed by atoms with E-state index in [9.17, 15) is 4.79 Å². The van der Waals surface area contributed by atoms with Gasteiger partial charge in [-0.1, -0.05) is 0 Å². The number of carbonyl (C=O) groups excluding carboxylic acids is 1.